The van der Waals surface area contributed by atoms with E-state index in [2.05, 4.69) is 10.1 Å². The molecule has 0 atom stereocenters. The molecule has 0 saturated carbocycles. The van der Waals surface area contributed by atoms with Gasteiger partial charge in [-0.05, 0) is 30.3 Å². The lowest BCUT2D eigenvalue weighted by atomic mass is 10.1. The molecule has 2 rings (SSSR count). The Morgan fingerprint density at radius 3 is 2.00 bits per heavy atom. The third kappa shape index (κ3) is 7.12. The van der Waals surface area contributed by atoms with Gasteiger partial charge in [0.15, 0.2) is 13.2 Å². The van der Waals surface area contributed by atoms with Crippen LogP contribution < -0.4 is 14.8 Å². The molecule has 26 heavy (non-hydrogen) atoms. The molecule has 142 valence electrons. The van der Waals surface area contributed by atoms with Crippen molar-refractivity contribution in [3.05, 3.63) is 54.1 Å². The van der Waals surface area contributed by atoms with Crippen LogP contribution in [0.15, 0.2) is 48.5 Å². The SMILES string of the molecule is FC(F)(F)COc1ccc(OCC(F)(F)F)c(CNc2ccccc2)c1. The predicted molar refractivity (Wildman–Crippen MR) is 83.3 cm³/mol. The Hall–Kier alpha value is -2.58. The molecule has 3 nitrogen and oxygen atoms in total. The second-order valence-corrected chi connectivity index (χ2v) is 5.30. The van der Waals surface area contributed by atoms with Crippen molar-refractivity contribution in [3.63, 3.8) is 0 Å². The Balaban J connectivity index is 2.14. The number of ether oxygens (including phenoxy) is 2. The van der Waals surface area contributed by atoms with Crippen LogP contribution in [0.25, 0.3) is 0 Å². The fourth-order valence-electron chi connectivity index (χ4n) is 2.00. The van der Waals surface area contributed by atoms with Crippen LogP contribution in [-0.2, 0) is 6.54 Å². The number of benzene rings is 2. The highest BCUT2D eigenvalue weighted by Crippen LogP contribution is 2.28. The molecule has 9 heteroatoms. The van der Waals surface area contributed by atoms with Gasteiger partial charge in [0.25, 0.3) is 0 Å². The van der Waals surface area contributed by atoms with Crippen molar-refractivity contribution in [3.8, 4) is 11.5 Å². The van der Waals surface area contributed by atoms with E-state index in [1.807, 2.05) is 0 Å². The molecule has 0 aromatic heterocycles. The first-order chi connectivity index (χ1) is 12.1. The molecular formula is C17H15F6NO2. The molecule has 0 aliphatic carbocycles. The van der Waals surface area contributed by atoms with Crippen LogP contribution in [0, 0.1) is 0 Å². The molecule has 0 bridgehead atoms. The fourth-order valence-corrected chi connectivity index (χ4v) is 2.00. The Morgan fingerprint density at radius 1 is 0.769 bits per heavy atom. The van der Waals surface area contributed by atoms with E-state index in [9.17, 15) is 26.3 Å². The Bertz CT molecular complexity index is 701. The van der Waals surface area contributed by atoms with Gasteiger partial charge in [0.2, 0.25) is 0 Å². The molecule has 0 unspecified atom stereocenters. The molecule has 0 saturated heterocycles. The first-order valence-electron chi connectivity index (χ1n) is 7.43. The lowest BCUT2D eigenvalue weighted by molar-refractivity contribution is -0.154. The van der Waals surface area contributed by atoms with E-state index in [1.165, 1.54) is 6.07 Å². The van der Waals surface area contributed by atoms with Crippen molar-refractivity contribution >= 4 is 5.69 Å². The zero-order chi connectivity index (χ0) is 19.2. The number of alkyl halides is 6. The maximum atomic E-state index is 12.4. The molecule has 0 aliphatic rings. The minimum Gasteiger partial charge on any atom is -0.484 e. The fraction of sp³-hybridized carbons (Fsp3) is 0.294. The highest BCUT2D eigenvalue weighted by Gasteiger charge is 2.30. The van der Waals surface area contributed by atoms with Crippen molar-refractivity contribution in [1.82, 2.24) is 0 Å². The van der Waals surface area contributed by atoms with E-state index in [1.54, 1.807) is 30.3 Å². The van der Waals surface area contributed by atoms with Gasteiger partial charge in [-0.15, -0.1) is 0 Å². The highest BCUT2D eigenvalue weighted by molar-refractivity contribution is 5.46. The molecule has 0 radical (unpaired) electrons. The average molecular weight is 379 g/mol. The molecule has 0 amide bonds. The summed E-state index contributed by atoms with van der Waals surface area (Å²) in [6.07, 6.45) is -9.05. The first kappa shape index (κ1) is 19.7. The molecular weight excluding hydrogens is 364 g/mol. The molecule has 2 aromatic carbocycles. The van der Waals surface area contributed by atoms with E-state index in [-0.39, 0.29) is 23.6 Å². The number of hydrogen-bond acceptors (Lipinski definition) is 3. The summed E-state index contributed by atoms with van der Waals surface area (Å²) in [6, 6.07) is 12.3. The Labute approximate surface area is 145 Å². The van der Waals surface area contributed by atoms with Gasteiger partial charge in [-0.3, -0.25) is 0 Å². The summed E-state index contributed by atoms with van der Waals surface area (Å²) in [5, 5.41) is 2.96. The molecule has 0 fully saturated rings. The quantitative estimate of drug-likeness (QED) is 0.673. The van der Waals surface area contributed by atoms with Gasteiger partial charge < -0.3 is 14.8 Å². The monoisotopic (exact) mass is 379 g/mol. The largest absolute Gasteiger partial charge is 0.484 e. The number of anilines is 1. The summed E-state index contributed by atoms with van der Waals surface area (Å²) >= 11 is 0. The smallest absolute Gasteiger partial charge is 0.422 e. The molecule has 0 spiro atoms. The zero-order valence-corrected chi connectivity index (χ0v) is 13.3. The van der Waals surface area contributed by atoms with E-state index >= 15 is 0 Å². The van der Waals surface area contributed by atoms with Crippen molar-refractivity contribution in [2.24, 2.45) is 0 Å². The second kappa shape index (κ2) is 8.20. The summed E-state index contributed by atoms with van der Waals surface area (Å²) in [6.45, 7) is -2.96. The minimum atomic E-state index is -4.53. The maximum absolute atomic E-state index is 12.4. The Kier molecular flexibility index (Phi) is 6.23. The van der Waals surface area contributed by atoms with Gasteiger partial charge >= 0.3 is 12.4 Å². The van der Waals surface area contributed by atoms with Gasteiger partial charge in [-0.25, -0.2) is 0 Å². The average Bonchev–Trinajstić information content (AvgIpc) is 2.56. The maximum Gasteiger partial charge on any atom is 0.422 e. The van der Waals surface area contributed by atoms with Gasteiger partial charge in [0, 0.05) is 17.8 Å². The summed E-state index contributed by atoms with van der Waals surface area (Å²) in [4.78, 5) is 0. The third-order valence-electron chi connectivity index (χ3n) is 3.08. The molecule has 0 heterocycles. The minimum absolute atomic E-state index is 0.0421. The normalized spacial score (nSPS) is 11.9. The van der Waals surface area contributed by atoms with Crippen LogP contribution in [0.2, 0.25) is 0 Å². The van der Waals surface area contributed by atoms with Crippen LogP contribution >= 0.6 is 0 Å². The Morgan fingerprint density at radius 2 is 1.38 bits per heavy atom. The lowest BCUT2D eigenvalue weighted by Crippen LogP contribution is -2.20. The number of rotatable bonds is 7. The van der Waals surface area contributed by atoms with E-state index < -0.39 is 25.6 Å². The summed E-state index contributed by atoms with van der Waals surface area (Å²) in [5.74, 6) is -0.211. The zero-order valence-electron chi connectivity index (χ0n) is 13.3. The molecule has 1 N–H and O–H groups in total. The van der Waals surface area contributed by atoms with Gasteiger partial charge in [0.1, 0.15) is 11.5 Å². The summed E-state index contributed by atoms with van der Waals surface area (Å²) in [5.41, 5.74) is 0.925. The second-order valence-electron chi connectivity index (χ2n) is 5.30. The van der Waals surface area contributed by atoms with Crippen LogP contribution in [0.4, 0.5) is 32.0 Å². The van der Waals surface area contributed by atoms with Crippen molar-refractivity contribution in [2.75, 3.05) is 18.5 Å². The highest BCUT2D eigenvalue weighted by atomic mass is 19.4. The topological polar surface area (TPSA) is 30.5 Å². The summed E-state index contributed by atoms with van der Waals surface area (Å²) < 4.78 is 83.2. The third-order valence-corrected chi connectivity index (χ3v) is 3.08. The van der Waals surface area contributed by atoms with Crippen molar-refractivity contribution in [2.45, 2.75) is 18.9 Å². The van der Waals surface area contributed by atoms with Crippen molar-refractivity contribution < 1.29 is 35.8 Å². The van der Waals surface area contributed by atoms with Gasteiger partial charge in [-0.1, -0.05) is 18.2 Å². The predicted octanol–water partition coefficient (Wildman–Crippen LogP) is 5.18. The van der Waals surface area contributed by atoms with Crippen LogP contribution in [0.1, 0.15) is 5.56 Å². The van der Waals surface area contributed by atoms with E-state index in [0.29, 0.717) is 5.69 Å². The van der Waals surface area contributed by atoms with Gasteiger partial charge in [0.05, 0.1) is 0 Å². The summed E-state index contributed by atoms with van der Waals surface area (Å²) in [7, 11) is 0. The standard InChI is InChI=1S/C17H15F6NO2/c18-16(19,20)10-25-14-6-7-15(26-11-17(21,22)23)12(8-14)9-24-13-4-2-1-3-5-13/h1-8,24H,9-11H2. The number of nitrogens with one attached hydrogen (secondary N) is 1. The lowest BCUT2D eigenvalue weighted by Gasteiger charge is -2.16. The number of hydrogen-bond donors (Lipinski definition) is 1. The van der Waals surface area contributed by atoms with Crippen molar-refractivity contribution in [1.29, 1.82) is 0 Å². The van der Waals surface area contributed by atoms with Crippen LogP contribution in [-0.4, -0.2) is 25.6 Å². The van der Waals surface area contributed by atoms with Crippen LogP contribution in [0.3, 0.4) is 0 Å². The van der Waals surface area contributed by atoms with E-state index in [0.717, 1.165) is 12.1 Å². The van der Waals surface area contributed by atoms with Gasteiger partial charge in [-0.2, -0.15) is 26.3 Å². The van der Waals surface area contributed by atoms with Crippen LogP contribution in [0.5, 0.6) is 11.5 Å². The molecule has 0 aliphatic heterocycles. The number of halogens is 6. The first-order valence-corrected chi connectivity index (χ1v) is 7.43. The number of para-hydroxylation sites is 1. The van der Waals surface area contributed by atoms with E-state index in [4.69, 9.17) is 4.74 Å². The molecule has 2 aromatic rings.